The molecule has 1 saturated carbocycles. The molecule has 6 heteroatoms. The second-order valence-electron chi connectivity index (χ2n) is 14.2. The summed E-state index contributed by atoms with van der Waals surface area (Å²) in [7, 11) is -2.12. The Bertz CT molecular complexity index is 954. The molecule has 0 aromatic heterocycles. The van der Waals surface area contributed by atoms with Crippen LogP contribution in [0.4, 0.5) is 5.69 Å². The Morgan fingerprint density at radius 1 is 0.886 bits per heavy atom. The summed E-state index contributed by atoms with van der Waals surface area (Å²) in [5, 5.41) is 1.85. The molecule has 35 heavy (non-hydrogen) atoms. The van der Waals surface area contributed by atoms with E-state index in [1.54, 1.807) is 11.4 Å². The molecule has 1 aromatic carbocycles. The number of nitrogens with zero attached hydrogens (tertiary/aromatic N) is 3. The van der Waals surface area contributed by atoms with Crippen LogP contribution in [-0.2, 0) is 0 Å². The predicted octanol–water partition coefficient (Wildman–Crippen LogP) is 8.16. The minimum atomic E-state index is -1.69. The van der Waals surface area contributed by atoms with Gasteiger partial charge in [-0.15, -0.1) is 0 Å². The molecule has 3 aliphatic rings. The predicted molar refractivity (Wildman–Crippen MR) is 161 cm³/mol. The van der Waals surface area contributed by atoms with Gasteiger partial charge in [0.15, 0.2) is 0 Å². The van der Waals surface area contributed by atoms with E-state index in [0.717, 1.165) is 11.8 Å². The Hall–Kier alpha value is -0.130. The first-order chi connectivity index (χ1) is 16.0. The molecular formula is C29H51GeN3PSi. The van der Waals surface area contributed by atoms with Crippen molar-refractivity contribution in [3.8, 4) is 0 Å². The van der Waals surface area contributed by atoms with Crippen LogP contribution < -0.4 is 3.86 Å². The molecule has 0 N–H and O–H groups in total. The molecule has 4 rings (SSSR count). The fourth-order valence-corrected chi connectivity index (χ4v) is 20.6. The second kappa shape index (κ2) is 9.26. The van der Waals surface area contributed by atoms with E-state index < -0.39 is 16.6 Å². The summed E-state index contributed by atoms with van der Waals surface area (Å²) in [6, 6.07) is 7.09. The Morgan fingerprint density at radius 2 is 1.34 bits per heavy atom. The number of allylic oxidation sites excluding steroid dienone is 2. The Labute approximate surface area is 227 Å². The number of para-hydroxylation sites is 1. The van der Waals surface area contributed by atoms with E-state index in [2.05, 4.69) is 113 Å². The van der Waals surface area contributed by atoms with Crippen LogP contribution >= 0.6 is 8.22 Å². The van der Waals surface area contributed by atoms with Crippen LogP contribution in [0.5, 0.6) is 0 Å². The van der Waals surface area contributed by atoms with Crippen molar-refractivity contribution in [3.05, 3.63) is 40.3 Å². The topological polar surface area (TPSA) is 9.72 Å². The first kappa shape index (κ1) is 27.9. The molecule has 1 heterocycles. The maximum atomic E-state index is 3.03. The molecule has 2 atom stereocenters. The van der Waals surface area contributed by atoms with Gasteiger partial charge in [0, 0.05) is 0 Å². The Balaban J connectivity index is 1.93. The number of anilines is 1. The van der Waals surface area contributed by atoms with E-state index in [-0.39, 0.29) is 11.1 Å². The van der Waals surface area contributed by atoms with Crippen molar-refractivity contribution in [1.82, 2.24) is 8.67 Å². The normalized spacial score (nSPS) is 25.8. The van der Waals surface area contributed by atoms with Gasteiger partial charge in [0.05, 0.1) is 0 Å². The van der Waals surface area contributed by atoms with Gasteiger partial charge in [0.1, 0.15) is 0 Å². The van der Waals surface area contributed by atoms with Gasteiger partial charge < -0.3 is 0 Å². The average Bonchev–Trinajstić information content (AvgIpc) is 3.30. The quantitative estimate of drug-likeness (QED) is 0.260. The van der Waals surface area contributed by atoms with Crippen molar-refractivity contribution in [3.63, 3.8) is 0 Å². The van der Waals surface area contributed by atoms with Gasteiger partial charge >= 0.3 is 228 Å². The molecule has 1 aromatic rings. The molecule has 1 radical (unpaired) electrons. The van der Waals surface area contributed by atoms with Crippen LogP contribution in [0.1, 0.15) is 111 Å². The molecule has 1 saturated heterocycles. The number of rotatable bonds is 5. The van der Waals surface area contributed by atoms with Gasteiger partial charge in [-0.05, 0) is 0 Å². The average molecular weight is 573 g/mol. The van der Waals surface area contributed by atoms with Gasteiger partial charge in [0.2, 0.25) is 0 Å². The van der Waals surface area contributed by atoms with Gasteiger partial charge in [-0.2, -0.15) is 0 Å². The summed E-state index contributed by atoms with van der Waals surface area (Å²) < 4.78 is 8.88. The van der Waals surface area contributed by atoms with Crippen LogP contribution in [-0.4, -0.2) is 44.9 Å². The Kier molecular flexibility index (Phi) is 7.38. The van der Waals surface area contributed by atoms with Gasteiger partial charge in [-0.1, -0.05) is 0 Å². The zero-order valence-electron chi connectivity index (χ0n) is 24.7. The van der Waals surface area contributed by atoms with E-state index in [1.807, 2.05) is 5.31 Å². The van der Waals surface area contributed by atoms with E-state index in [9.17, 15) is 0 Å². The maximum absolute atomic E-state index is 3.03. The first-order valence-electron chi connectivity index (χ1n) is 13.9. The molecule has 2 unspecified atom stereocenters. The summed E-state index contributed by atoms with van der Waals surface area (Å²) in [5.41, 5.74) is 6.78. The van der Waals surface area contributed by atoms with E-state index >= 15 is 0 Å². The van der Waals surface area contributed by atoms with Gasteiger partial charge in [-0.25, -0.2) is 0 Å². The van der Waals surface area contributed by atoms with Gasteiger partial charge in [0.25, 0.3) is 0 Å². The molecule has 2 fully saturated rings. The van der Waals surface area contributed by atoms with Crippen molar-refractivity contribution in [2.45, 2.75) is 125 Å². The monoisotopic (exact) mass is 574 g/mol. The van der Waals surface area contributed by atoms with Crippen molar-refractivity contribution >= 4 is 39.0 Å². The molecule has 0 spiro atoms. The molecule has 3 nitrogen and oxygen atoms in total. The summed E-state index contributed by atoms with van der Waals surface area (Å²) >= 11 is 1.18. The van der Waals surface area contributed by atoms with Crippen molar-refractivity contribution < 1.29 is 0 Å². The SMILES string of the molecule is CC(C)c1cccc(C(C)C)c1[N]([GeH2])C1=C(P2N(C(C)(C)C)[Si](C)(C)N2C(C)(C)C)C2CCC1C2. The third kappa shape index (κ3) is 4.56. The zero-order valence-corrected chi connectivity index (χ0v) is 29.5. The minimum absolute atomic E-state index is 0.205. The van der Waals surface area contributed by atoms with E-state index in [0.29, 0.717) is 11.8 Å². The summed E-state index contributed by atoms with van der Waals surface area (Å²) in [5.74, 6) is 2.61. The molecule has 1 aliphatic heterocycles. The number of hydrogen-bond donors (Lipinski definition) is 0. The molecule has 2 aliphatic carbocycles. The molecule has 2 bridgehead atoms. The summed E-state index contributed by atoms with van der Waals surface area (Å²) in [6.07, 6.45) is 4.17. The van der Waals surface area contributed by atoms with Crippen LogP contribution in [0.3, 0.4) is 0 Å². The number of benzene rings is 1. The van der Waals surface area contributed by atoms with Gasteiger partial charge in [-0.3, -0.25) is 0 Å². The van der Waals surface area contributed by atoms with E-state index in [4.69, 9.17) is 0 Å². The summed E-state index contributed by atoms with van der Waals surface area (Å²) in [4.78, 5) is 0. The van der Waals surface area contributed by atoms with Crippen LogP contribution in [0.25, 0.3) is 0 Å². The fourth-order valence-electron chi connectivity index (χ4n) is 7.50. The Morgan fingerprint density at radius 3 is 1.77 bits per heavy atom. The second-order valence-corrected chi connectivity index (χ2v) is 22.1. The van der Waals surface area contributed by atoms with Crippen LogP contribution in [0.2, 0.25) is 13.1 Å². The third-order valence-electron chi connectivity index (χ3n) is 8.27. The number of hydrogen-bond acceptors (Lipinski definition) is 3. The molecule has 0 amide bonds. The zero-order chi connectivity index (χ0) is 26.2. The van der Waals surface area contributed by atoms with Crippen LogP contribution in [0, 0.1) is 11.8 Å². The first-order valence-corrected chi connectivity index (χ1v) is 19.3. The van der Waals surface area contributed by atoms with Crippen molar-refractivity contribution in [2.24, 2.45) is 11.8 Å². The van der Waals surface area contributed by atoms with E-state index in [1.165, 1.54) is 47.1 Å². The molecular weight excluding hydrogens is 522 g/mol. The number of fused-ring (bicyclic) bond motifs is 2. The standard InChI is InChI=1S/C29H51GeN3PSi/c1-19(2)23-14-13-15-24(20(3)4)26(23)31(30)25-21-16-17-22(18-21)27(25)34-32(28(5,6)7)35(11,12)33(34)29(8,9)10/h13-15,19-22H,16-18,30H2,1-12H3. The van der Waals surface area contributed by atoms with Crippen molar-refractivity contribution in [1.29, 1.82) is 0 Å². The van der Waals surface area contributed by atoms with Crippen molar-refractivity contribution in [2.75, 3.05) is 3.86 Å². The fraction of sp³-hybridized carbons (Fsp3) is 0.724. The van der Waals surface area contributed by atoms with Crippen LogP contribution in [0.15, 0.2) is 29.2 Å². The third-order valence-corrected chi connectivity index (χ3v) is 20.1. The summed E-state index contributed by atoms with van der Waals surface area (Å²) in [6.45, 7) is 29.5. The molecule has 195 valence electrons.